The van der Waals surface area contributed by atoms with E-state index in [0.29, 0.717) is 11.5 Å². The van der Waals surface area contributed by atoms with Gasteiger partial charge in [-0.1, -0.05) is 42.5 Å². The molecule has 0 aliphatic rings. The maximum absolute atomic E-state index is 11.7. The first-order valence-corrected chi connectivity index (χ1v) is 7.03. The highest BCUT2D eigenvalue weighted by Gasteiger charge is 1.96. The molecule has 0 saturated heterocycles. The molecule has 0 saturated carbocycles. The van der Waals surface area contributed by atoms with Crippen LogP contribution in [0, 0.1) is 0 Å². The molecule has 0 atom stereocenters. The molecule has 0 aliphatic heterocycles. The third-order valence-electron chi connectivity index (χ3n) is 2.80. The fraction of sp³-hybridized carbons (Fsp3) is 0.105. The molecule has 0 spiro atoms. The van der Waals surface area contributed by atoms with Gasteiger partial charge in [0.2, 0.25) is 0 Å². The lowest BCUT2D eigenvalue weighted by atomic mass is 10.2. The fourth-order valence-electron chi connectivity index (χ4n) is 1.80. The van der Waals surface area contributed by atoms with Gasteiger partial charge in [0.05, 0.1) is 0 Å². The molecule has 2 aromatic rings. The number of allylic oxidation sites excluding steroid dienone is 2. The molecule has 0 radical (unpaired) electrons. The number of benzene rings is 1. The van der Waals surface area contributed by atoms with Crippen molar-refractivity contribution >= 4 is 18.2 Å². The van der Waals surface area contributed by atoms with Crippen molar-refractivity contribution in [3.05, 3.63) is 88.1 Å². The van der Waals surface area contributed by atoms with Crippen LogP contribution in [0.25, 0.3) is 18.2 Å². The van der Waals surface area contributed by atoms with Gasteiger partial charge in [0.25, 0.3) is 0 Å². The second-order valence-electron chi connectivity index (χ2n) is 5.01. The lowest BCUT2D eigenvalue weighted by molar-refractivity contribution is 0.528. The lowest BCUT2D eigenvalue weighted by Crippen LogP contribution is -1.99. The average Bonchev–Trinajstić information content (AvgIpc) is 2.50. The Balaban J connectivity index is 2.17. The summed E-state index contributed by atoms with van der Waals surface area (Å²) < 4.78 is 5.67. The quantitative estimate of drug-likeness (QED) is 0.784. The van der Waals surface area contributed by atoms with Gasteiger partial charge in [0.15, 0.2) is 5.43 Å². The van der Waals surface area contributed by atoms with Crippen molar-refractivity contribution in [3.63, 3.8) is 0 Å². The van der Waals surface area contributed by atoms with E-state index in [0.717, 1.165) is 5.56 Å². The number of hydrogen-bond acceptors (Lipinski definition) is 3. The van der Waals surface area contributed by atoms with Gasteiger partial charge < -0.3 is 9.32 Å². The SMILES string of the molecule is CN(C)C=CC=Cc1cc(=O)cc(C=Cc2ccccc2)o1. The molecular formula is C19H19NO2. The normalized spacial score (nSPS) is 11.7. The Bertz CT molecular complexity index is 738. The molecule has 0 bridgehead atoms. The van der Waals surface area contributed by atoms with E-state index in [2.05, 4.69) is 0 Å². The Labute approximate surface area is 130 Å². The van der Waals surface area contributed by atoms with Crippen LogP contribution in [0.3, 0.4) is 0 Å². The van der Waals surface area contributed by atoms with Crippen LogP contribution in [0.4, 0.5) is 0 Å². The van der Waals surface area contributed by atoms with Crippen LogP contribution in [0.1, 0.15) is 17.1 Å². The Morgan fingerprint density at radius 1 is 0.909 bits per heavy atom. The van der Waals surface area contributed by atoms with Crippen LogP contribution < -0.4 is 5.43 Å². The van der Waals surface area contributed by atoms with Crippen molar-refractivity contribution in [2.75, 3.05) is 14.1 Å². The van der Waals surface area contributed by atoms with E-state index >= 15 is 0 Å². The van der Waals surface area contributed by atoms with Crippen molar-refractivity contribution in [1.29, 1.82) is 0 Å². The minimum atomic E-state index is -0.0739. The summed E-state index contributed by atoms with van der Waals surface area (Å²) in [6.45, 7) is 0. The van der Waals surface area contributed by atoms with Crippen LogP contribution in [-0.2, 0) is 0 Å². The molecule has 1 aromatic heterocycles. The summed E-state index contributed by atoms with van der Waals surface area (Å²) in [6.07, 6.45) is 11.1. The van der Waals surface area contributed by atoms with Gasteiger partial charge in [-0.25, -0.2) is 0 Å². The number of nitrogens with zero attached hydrogens (tertiary/aromatic N) is 1. The minimum Gasteiger partial charge on any atom is -0.457 e. The van der Waals surface area contributed by atoms with Crippen LogP contribution in [0.2, 0.25) is 0 Å². The molecule has 0 aliphatic carbocycles. The van der Waals surface area contributed by atoms with Crippen molar-refractivity contribution < 1.29 is 4.42 Å². The van der Waals surface area contributed by atoms with E-state index in [9.17, 15) is 4.79 Å². The zero-order valence-corrected chi connectivity index (χ0v) is 12.8. The van der Waals surface area contributed by atoms with Crippen LogP contribution in [0.15, 0.2) is 70.0 Å². The Morgan fingerprint density at radius 3 is 2.27 bits per heavy atom. The largest absolute Gasteiger partial charge is 0.457 e. The summed E-state index contributed by atoms with van der Waals surface area (Å²) in [5.41, 5.74) is 0.982. The topological polar surface area (TPSA) is 33.5 Å². The molecule has 0 unspecified atom stereocenters. The van der Waals surface area contributed by atoms with Gasteiger partial charge in [-0.3, -0.25) is 4.79 Å². The van der Waals surface area contributed by atoms with E-state index in [1.165, 1.54) is 12.1 Å². The molecule has 112 valence electrons. The first-order valence-electron chi connectivity index (χ1n) is 7.03. The Kier molecular flexibility index (Phi) is 5.55. The second-order valence-corrected chi connectivity index (χ2v) is 5.01. The van der Waals surface area contributed by atoms with Gasteiger partial charge in [-0.15, -0.1) is 0 Å². The summed E-state index contributed by atoms with van der Waals surface area (Å²) in [5, 5.41) is 0. The predicted octanol–water partition coefficient (Wildman–Crippen LogP) is 3.90. The zero-order chi connectivity index (χ0) is 15.8. The summed E-state index contributed by atoms with van der Waals surface area (Å²) in [5.74, 6) is 1.07. The monoisotopic (exact) mass is 293 g/mol. The first kappa shape index (κ1) is 15.6. The zero-order valence-electron chi connectivity index (χ0n) is 12.8. The number of hydrogen-bond donors (Lipinski definition) is 0. The van der Waals surface area contributed by atoms with E-state index in [1.807, 2.05) is 73.8 Å². The van der Waals surface area contributed by atoms with E-state index in [-0.39, 0.29) is 5.43 Å². The Morgan fingerprint density at radius 2 is 1.59 bits per heavy atom. The van der Waals surface area contributed by atoms with Gasteiger partial charge in [0.1, 0.15) is 11.5 Å². The molecule has 22 heavy (non-hydrogen) atoms. The molecule has 3 heteroatoms. The summed E-state index contributed by atoms with van der Waals surface area (Å²) in [7, 11) is 3.89. The highest BCUT2D eigenvalue weighted by molar-refractivity contribution is 5.67. The molecule has 0 N–H and O–H groups in total. The minimum absolute atomic E-state index is 0.0739. The summed E-state index contributed by atoms with van der Waals surface area (Å²) in [4.78, 5) is 13.6. The fourth-order valence-corrected chi connectivity index (χ4v) is 1.80. The lowest BCUT2D eigenvalue weighted by Gasteiger charge is -2.00. The molecular weight excluding hydrogens is 274 g/mol. The van der Waals surface area contributed by atoms with Crippen molar-refractivity contribution in [3.8, 4) is 0 Å². The first-order chi connectivity index (χ1) is 10.6. The van der Waals surface area contributed by atoms with Gasteiger partial charge in [-0.2, -0.15) is 0 Å². The third-order valence-corrected chi connectivity index (χ3v) is 2.80. The van der Waals surface area contributed by atoms with Crippen LogP contribution >= 0.6 is 0 Å². The van der Waals surface area contributed by atoms with Crippen LogP contribution in [-0.4, -0.2) is 19.0 Å². The molecule has 1 aromatic carbocycles. The average molecular weight is 293 g/mol. The van der Waals surface area contributed by atoms with Crippen LogP contribution in [0.5, 0.6) is 0 Å². The maximum atomic E-state index is 11.7. The number of rotatable bonds is 5. The van der Waals surface area contributed by atoms with Crippen molar-refractivity contribution in [1.82, 2.24) is 4.90 Å². The van der Waals surface area contributed by atoms with Gasteiger partial charge >= 0.3 is 0 Å². The third kappa shape index (κ3) is 5.29. The maximum Gasteiger partial charge on any atom is 0.186 e. The molecule has 0 fully saturated rings. The molecule has 1 heterocycles. The second kappa shape index (κ2) is 7.84. The molecule has 0 amide bonds. The van der Waals surface area contributed by atoms with Gasteiger partial charge in [0, 0.05) is 26.2 Å². The van der Waals surface area contributed by atoms with E-state index in [4.69, 9.17) is 4.42 Å². The van der Waals surface area contributed by atoms with E-state index in [1.54, 1.807) is 12.2 Å². The highest BCUT2D eigenvalue weighted by Crippen LogP contribution is 2.09. The molecule has 3 nitrogen and oxygen atoms in total. The highest BCUT2D eigenvalue weighted by atomic mass is 16.3. The Hall–Kier alpha value is -2.81. The molecule has 2 rings (SSSR count). The summed E-state index contributed by atoms with van der Waals surface area (Å²) in [6, 6.07) is 12.8. The van der Waals surface area contributed by atoms with E-state index < -0.39 is 0 Å². The smallest absolute Gasteiger partial charge is 0.186 e. The van der Waals surface area contributed by atoms with Crippen molar-refractivity contribution in [2.45, 2.75) is 0 Å². The predicted molar refractivity (Wildman–Crippen MR) is 92.2 cm³/mol. The standard InChI is InChI=1S/C19H19NO2/c1-20(2)13-7-6-10-18-14-17(21)15-19(22-18)12-11-16-8-4-3-5-9-16/h3-15H,1-2H3. The summed E-state index contributed by atoms with van der Waals surface area (Å²) >= 11 is 0. The van der Waals surface area contributed by atoms with Crippen molar-refractivity contribution in [2.24, 2.45) is 0 Å². The van der Waals surface area contributed by atoms with Gasteiger partial charge in [-0.05, 0) is 30.0 Å².